The number of rotatable bonds is 3. The quantitative estimate of drug-likeness (QED) is 0.303. The van der Waals surface area contributed by atoms with Crippen molar-refractivity contribution in [3.05, 3.63) is 0 Å². The Balaban J connectivity index is 1.08. The molecule has 6 heteroatoms. The van der Waals surface area contributed by atoms with E-state index in [1.54, 1.807) is 0 Å². The van der Waals surface area contributed by atoms with Crippen molar-refractivity contribution in [3.63, 3.8) is 0 Å². The number of carbonyl (C=O) groups is 2. The number of nitrogens with zero attached hydrogens (tertiary/aromatic N) is 2. The SMILES string of the molecule is C[C@@]12CC[C@@H]3[C@@](CC[C@H]4[C@@]3(C)CCC[C@@]4(C)C(=O)O)(C/C1=N\N=C1/C[C@]34CC[C@H]5[C@@](C)(CCC[C@@]5(C)C(=O)O)[C@H]3CC[C@@]1(C)C4)C2. The number of aliphatic carboxylic acids is 2. The van der Waals surface area contributed by atoms with E-state index >= 15 is 0 Å². The summed E-state index contributed by atoms with van der Waals surface area (Å²) in [6.45, 7) is 14.0. The highest BCUT2D eigenvalue weighted by Gasteiger charge is 2.69. The normalized spacial score (nSPS) is 57.3. The van der Waals surface area contributed by atoms with Gasteiger partial charge in [-0.15, -0.1) is 0 Å². The van der Waals surface area contributed by atoms with Crippen molar-refractivity contribution >= 4 is 23.4 Å². The Bertz CT molecular complexity index is 1330. The molecule has 0 unspecified atom stereocenters. The van der Waals surface area contributed by atoms with Crippen molar-refractivity contribution in [3.8, 4) is 0 Å². The molecule has 0 amide bonds. The first-order valence-corrected chi connectivity index (χ1v) is 19.1. The van der Waals surface area contributed by atoms with Crippen molar-refractivity contribution < 1.29 is 19.8 Å². The Morgan fingerprint density at radius 1 is 0.543 bits per heavy atom. The third kappa shape index (κ3) is 3.82. The monoisotopic (exact) mass is 632 g/mol. The lowest BCUT2D eigenvalue weighted by molar-refractivity contribution is -0.183. The van der Waals surface area contributed by atoms with E-state index in [1.807, 2.05) is 13.8 Å². The molecule has 8 aliphatic rings. The average Bonchev–Trinajstić information content (AvgIpc) is 3.31. The first kappa shape index (κ1) is 31.5. The number of hydrogen-bond acceptors (Lipinski definition) is 4. The zero-order valence-corrected chi connectivity index (χ0v) is 29.6. The molecule has 0 aromatic heterocycles. The van der Waals surface area contributed by atoms with Gasteiger partial charge in [-0.3, -0.25) is 9.59 Å². The summed E-state index contributed by atoms with van der Waals surface area (Å²) in [5.74, 6) is 0.541. The van der Waals surface area contributed by atoms with Crippen molar-refractivity contribution in [2.75, 3.05) is 0 Å². The van der Waals surface area contributed by atoms with Gasteiger partial charge >= 0.3 is 11.9 Å². The molecule has 0 saturated heterocycles. The highest BCUT2D eigenvalue weighted by molar-refractivity contribution is 5.96. The summed E-state index contributed by atoms with van der Waals surface area (Å²) in [5.41, 5.74) is 2.39. The molecule has 12 atom stereocenters. The second kappa shape index (κ2) is 9.49. The van der Waals surface area contributed by atoms with Crippen LogP contribution >= 0.6 is 0 Å². The third-order valence-electron chi connectivity index (χ3n) is 18.0. The molecule has 8 fully saturated rings. The summed E-state index contributed by atoms with van der Waals surface area (Å²) in [6, 6.07) is 0. The highest BCUT2D eigenvalue weighted by Crippen LogP contribution is 2.75. The van der Waals surface area contributed by atoms with Crippen LogP contribution in [0.5, 0.6) is 0 Å². The van der Waals surface area contributed by atoms with Crippen molar-refractivity contribution in [2.24, 2.45) is 77.2 Å². The number of carboxylic acid groups (broad SMARTS) is 2. The predicted molar refractivity (Wildman–Crippen MR) is 181 cm³/mol. The zero-order chi connectivity index (χ0) is 32.8. The minimum Gasteiger partial charge on any atom is -0.481 e. The summed E-state index contributed by atoms with van der Waals surface area (Å²) in [5, 5.41) is 31.3. The lowest BCUT2D eigenvalue weighted by atomic mass is 9.40. The van der Waals surface area contributed by atoms with E-state index in [2.05, 4.69) is 27.7 Å². The standard InChI is InChI=1S/C40H60N2O4/c1-33-17-9-27-35(3)13-7-15-37(5,31(43)44)25(35)11-19-39(27,23-33)21-29(33)41-42-30-22-40-20-12-26-36(4,14-8-16-38(26,6)32(45)46)28(40)10-18-34(30,2)24-40/h25-28H,7-24H2,1-6H3,(H,43,44)(H,45,46)/b41-29+,42-30+/t25-,26-,27-,28+,33-,34-,35+,36+,37+,38+,39-,40-/m0/s1. The van der Waals surface area contributed by atoms with Crippen LogP contribution in [-0.4, -0.2) is 33.6 Å². The summed E-state index contributed by atoms with van der Waals surface area (Å²) in [7, 11) is 0. The maximum absolute atomic E-state index is 12.6. The topological polar surface area (TPSA) is 99.3 Å². The molecule has 0 aromatic rings. The molecule has 0 aliphatic heterocycles. The molecule has 8 rings (SSSR count). The van der Waals surface area contributed by atoms with E-state index in [4.69, 9.17) is 10.2 Å². The first-order valence-electron chi connectivity index (χ1n) is 19.1. The van der Waals surface area contributed by atoms with Gasteiger partial charge in [0.15, 0.2) is 0 Å². The summed E-state index contributed by atoms with van der Waals surface area (Å²) < 4.78 is 0. The highest BCUT2D eigenvalue weighted by atomic mass is 16.4. The van der Waals surface area contributed by atoms with E-state index in [-0.39, 0.29) is 44.3 Å². The van der Waals surface area contributed by atoms with Gasteiger partial charge < -0.3 is 10.2 Å². The fraction of sp³-hybridized carbons (Fsp3) is 0.900. The van der Waals surface area contributed by atoms with Crippen molar-refractivity contribution in [1.29, 1.82) is 0 Å². The van der Waals surface area contributed by atoms with Gasteiger partial charge in [0, 0.05) is 22.3 Å². The molecule has 0 heterocycles. The lowest BCUT2D eigenvalue weighted by Gasteiger charge is -2.63. The third-order valence-corrected chi connectivity index (χ3v) is 18.0. The molecular formula is C40H60N2O4. The van der Waals surface area contributed by atoms with Crippen LogP contribution in [0.4, 0.5) is 0 Å². The molecule has 6 nitrogen and oxygen atoms in total. The first-order chi connectivity index (χ1) is 21.5. The Hall–Kier alpha value is -1.72. The van der Waals surface area contributed by atoms with Crippen LogP contribution in [0.25, 0.3) is 0 Å². The van der Waals surface area contributed by atoms with E-state index < -0.39 is 22.8 Å². The minimum absolute atomic E-state index is 0.0985. The molecule has 46 heavy (non-hydrogen) atoms. The zero-order valence-electron chi connectivity index (χ0n) is 29.6. The van der Waals surface area contributed by atoms with Crippen LogP contribution in [0, 0.1) is 67.0 Å². The molecule has 8 saturated carbocycles. The Morgan fingerprint density at radius 3 is 1.28 bits per heavy atom. The number of carboxylic acids is 2. The number of hydrogen-bond donors (Lipinski definition) is 2. The molecule has 254 valence electrons. The lowest BCUT2D eigenvalue weighted by Crippen LogP contribution is -2.58. The smallest absolute Gasteiger partial charge is 0.309 e. The summed E-state index contributed by atoms with van der Waals surface area (Å²) in [4.78, 5) is 25.2. The molecule has 2 N–H and O–H groups in total. The second-order valence-corrected chi connectivity index (χ2v) is 20.2. The summed E-state index contributed by atoms with van der Waals surface area (Å²) in [6.07, 6.45) is 19.6. The van der Waals surface area contributed by atoms with Crippen molar-refractivity contribution in [2.45, 2.75) is 157 Å². The van der Waals surface area contributed by atoms with Gasteiger partial charge in [0.2, 0.25) is 0 Å². The maximum Gasteiger partial charge on any atom is 0.309 e. The fourth-order valence-corrected chi connectivity index (χ4v) is 16.0. The van der Waals surface area contributed by atoms with Gasteiger partial charge in [0.05, 0.1) is 10.8 Å². The predicted octanol–water partition coefficient (Wildman–Crippen LogP) is 9.56. The molecule has 4 bridgehead atoms. The van der Waals surface area contributed by atoms with Crippen LogP contribution in [0.1, 0.15) is 157 Å². The van der Waals surface area contributed by atoms with Gasteiger partial charge in [-0.25, -0.2) is 0 Å². The van der Waals surface area contributed by atoms with Gasteiger partial charge in [-0.05, 0) is 162 Å². The van der Waals surface area contributed by atoms with Gasteiger partial charge in [-0.1, -0.05) is 40.5 Å². The van der Waals surface area contributed by atoms with E-state index in [0.717, 1.165) is 77.0 Å². The summed E-state index contributed by atoms with van der Waals surface area (Å²) >= 11 is 0. The fourth-order valence-electron chi connectivity index (χ4n) is 16.0. The maximum atomic E-state index is 12.6. The minimum atomic E-state index is -0.593. The van der Waals surface area contributed by atoms with Crippen molar-refractivity contribution in [1.82, 2.24) is 0 Å². The largest absolute Gasteiger partial charge is 0.481 e. The van der Waals surface area contributed by atoms with E-state index in [9.17, 15) is 19.8 Å². The second-order valence-electron chi connectivity index (χ2n) is 20.2. The molecular weight excluding hydrogens is 572 g/mol. The van der Waals surface area contributed by atoms with Gasteiger partial charge in [-0.2, -0.15) is 10.2 Å². The molecule has 8 aliphatic carbocycles. The van der Waals surface area contributed by atoms with Gasteiger partial charge in [0.25, 0.3) is 0 Å². The average molecular weight is 633 g/mol. The van der Waals surface area contributed by atoms with Crippen LogP contribution in [0.2, 0.25) is 0 Å². The molecule has 0 radical (unpaired) electrons. The van der Waals surface area contributed by atoms with Crippen LogP contribution in [0.3, 0.4) is 0 Å². The molecule has 0 aromatic carbocycles. The molecule has 2 spiro atoms. The van der Waals surface area contributed by atoms with Crippen LogP contribution in [-0.2, 0) is 9.59 Å². The Labute approximate surface area is 277 Å². The Kier molecular flexibility index (Phi) is 6.51. The van der Waals surface area contributed by atoms with E-state index in [0.29, 0.717) is 11.8 Å². The van der Waals surface area contributed by atoms with Crippen LogP contribution < -0.4 is 0 Å². The van der Waals surface area contributed by atoms with E-state index in [1.165, 1.54) is 49.9 Å². The van der Waals surface area contributed by atoms with Crippen LogP contribution in [0.15, 0.2) is 10.2 Å². The van der Waals surface area contributed by atoms with Gasteiger partial charge in [0.1, 0.15) is 0 Å². The Morgan fingerprint density at radius 2 is 0.913 bits per heavy atom. The number of fused-ring (bicyclic) bond motifs is 6.